The molecule has 0 aromatic heterocycles. The van der Waals surface area contributed by atoms with Gasteiger partial charge in [0.25, 0.3) is 0 Å². The lowest BCUT2D eigenvalue weighted by molar-refractivity contribution is 0.288. The second-order valence-corrected chi connectivity index (χ2v) is 4.08. The number of para-hydroxylation sites is 1. The van der Waals surface area contributed by atoms with Crippen LogP contribution in [-0.4, -0.2) is 0 Å². The summed E-state index contributed by atoms with van der Waals surface area (Å²) in [5, 5.41) is 0.559. The van der Waals surface area contributed by atoms with Gasteiger partial charge >= 0.3 is 0 Å². The van der Waals surface area contributed by atoms with E-state index in [1.165, 1.54) is 0 Å². The molecule has 0 bridgehead atoms. The highest BCUT2D eigenvalue weighted by molar-refractivity contribution is 6.32. The summed E-state index contributed by atoms with van der Waals surface area (Å²) < 4.78 is 5.56. The maximum Gasteiger partial charge on any atom is 0.197 e. The zero-order valence-electron chi connectivity index (χ0n) is 8.44. The molecule has 2 rings (SSSR count). The zero-order valence-corrected chi connectivity index (χ0v) is 9.95. The highest BCUT2D eigenvalue weighted by Gasteiger charge is 2.10. The number of rotatable bonds is 3. The van der Waals surface area contributed by atoms with Gasteiger partial charge in [0.1, 0.15) is 5.75 Å². The quantitative estimate of drug-likeness (QED) is 0.723. The van der Waals surface area contributed by atoms with Gasteiger partial charge < -0.3 is 4.74 Å². The van der Waals surface area contributed by atoms with Gasteiger partial charge in [-0.1, -0.05) is 65.7 Å². The molecule has 82 valence electrons. The first-order valence-electron chi connectivity index (χ1n) is 4.87. The Balaban J connectivity index is 2.14. The van der Waals surface area contributed by atoms with Crippen LogP contribution in [0.15, 0.2) is 54.6 Å². The molecule has 0 heterocycles. The van der Waals surface area contributed by atoms with E-state index in [9.17, 15) is 0 Å². The van der Waals surface area contributed by atoms with Crippen molar-refractivity contribution >= 4 is 23.2 Å². The molecule has 0 aliphatic carbocycles. The Morgan fingerprint density at radius 2 is 1.50 bits per heavy atom. The Kier molecular flexibility index (Phi) is 3.70. The summed E-state index contributed by atoms with van der Waals surface area (Å²) in [6.45, 7) is 0. The fourth-order valence-electron chi connectivity index (χ4n) is 1.32. The lowest BCUT2D eigenvalue weighted by atomic mass is 10.2. The highest BCUT2D eigenvalue weighted by Crippen LogP contribution is 2.30. The Hall–Kier alpha value is -1.18. The first kappa shape index (κ1) is 11.3. The largest absolute Gasteiger partial charge is 0.469 e. The van der Waals surface area contributed by atoms with Crippen LogP contribution in [0.25, 0.3) is 0 Å². The number of hydrogen-bond donors (Lipinski definition) is 0. The van der Waals surface area contributed by atoms with Crippen molar-refractivity contribution < 1.29 is 4.74 Å². The SMILES string of the molecule is Clc1ccccc1OC(Cl)c1ccccc1. The molecule has 0 aliphatic heterocycles. The van der Waals surface area contributed by atoms with E-state index in [0.717, 1.165) is 5.56 Å². The third kappa shape index (κ3) is 2.69. The molecule has 0 fully saturated rings. The molecule has 0 saturated heterocycles. The Morgan fingerprint density at radius 3 is 2.19 bits per heavy atom. The molecule has 0 amide bonds. The summed E-state index contributed by atoms with van der Waals surface area (Å²) in [5.74, 6) is 0.591. The van der Waals surface area contributed by atoms with Gasteiger partial charge in [-0.25, -0.2) is 0 Å². The monoisotopic (exact) mass is 252 g/mol. The molecular weight excluding hydrogens is 243 g/mol. The minimum Gasteiger partial charge on any atom is -0.469 e. The second kappa shape index (κ2) is 5.24. The summed E-state index contributed by atoms with van der Waals surface area (Å²) in [4.78, 5) is 0. The van der Waals surface area contributed by atoms with Gasteiger partial charge in [-0.3, -0.25) is 0 Å². The van der Waals surface area contributed by atoms with Crippen LogP contribution in [0.3, 0.4) is 0 Å². The zero-order chi connectivity index (χ0) is 11.4. The van der Waals surface area contributed by atoms with Crippen molar-refractivity contribution in [2.45, 2.75) is 5.56 Å². The van der Waals surface area contributed by atoms with Gasteiger partial charge in [0, 0.05) is 5.56 Å². The Bertz CT molecular complexity index is 456. The molecule has 0 spiro atoms. The summed E-state index contributed by atoms with van der Waals surface area (Å²) >= 11 is 12.1. The van der Waals surface area contributed by atoms with Crippen molar-refractivity contribution in [3.63, 3.8) is 0 Å². The predicted molar refractivity (Wildman–Crippen MR) is 67.1 cm³/mol. The van der Waals surface area contributed by atoms with Crippen LogP contribution >= 0.6 is 23.2 Å². The number of hydrogen-bond acceptors (Lipinski definition) is 1. The van der Waals surface area contributed by atoms with Crippen LogP contribution in [0.2, 0.25) is 5.02 Å². The van der Waals surface area contributed by atoms with E-state index < -0.39 is 5.56 Å². The van der Waals surface area contributed by atoms with Crippen LogP contribution in [0.1, 0.15) is 11.1 Å². The molecular formula is C13H10Cl2O. The van der Waals surface area contributed by atoms with Crippen LogP contribution < -0.4 is 4.74 Å². The van der Waals surface area contributed by atoms with Crippen molar-refractivity contribution in [1.82, 2.24) is 0 Å². The van der Waals surface area contributed by atoms with Crippen LogP contribution in [0.4, 0.5) is 0 Å². The average Bonchev–Trinajstić information content (AvgIpc) is 2.33. The van der Waals surface area contributed by atoms with Crippen molar-refractivity contribution in [2.24, 2.45) is 0 Å². The molecule has 16 heavy (non-hydrogen) atoms. The minimum absolute atomic E-state index is 0.527. The third-order valence-electron chi connectivity index (χ3n) is 2.13. The molecule has 0 N–H and O–H groups in total. The molecule has 1 atom stereocenters. The molecule has 0 saturated carbocycles. The number of alkyl halides is 1. The lowest BCUT2D eigenvalue weighted by Crippen LogP contribution is -2.00. The topological polar surface area (TPSA) is 9.23 Å². The van der Waals surface area contributed by atoms with E-state index >= 15 is 0 Å². The summed E-state index contributed by atoms with van der Waals surface area (Å²) in [7, 11) is 0. The second-order valence-electron chi connectivity index (χ2n) is 3.28. The van der Waals surface area contributed by atoms with Gasteiger partial charge in [-0.15, -0.1) is 0 Å². The first-order valence-corrected chi connectivity index (χ1v) is 5.69. The van der Waals surface area contributed by atoms with Crippen LogP contribution in [0.5, 0.6) is 5.75 Å². The van der Waals surface area contributed by atoms with E-state index in [4.69, 9.17) is 27.9 Å². The highest BCUT2D eigenvalue weighted by atomic mass is 35.5. The van der Waals surface area contributed by atoms with E-state index in [-0.39, 0.29) is 0 Å². The molecule has 1 unspecified atom stereocenters. The maximum absolute atomic E-state index is 6.13. The van der Waals surface area contributed by atoms with Gasteiger partial charge in [0.05, 0.1) is 5.02 Å². The van der Waals surface area contributed by atoms with E-state index in [2.05, 4.69) is 0 Å². The van der Waals surface area contributed by atoms with Gasteiger partial charge in [-0.2, -0.15) is 0 Å². The fourth-order valence-corrected chi connectivity index (χ4v) is 1.75. The van der Waals surface area contributed by atoms with Crippen molar-refractivity contribution in [1.29, 1.82) is 0 Å². The minimum atomic E-state index is -0.527. The standard InChI is InChI=1S/C13H10Cl2O/c14-11-8-4-5-9-12(11)16-13(15)10-6-2-1-3-7-10/h1-9,13H. The summed E-state index contributed by atoms with van der Waals surface area (Å²) in [6.07, 6.45) is 0. The lowest BCUT2D eigenvalue weighted by Gasteiger charge is -2.13. The first-order chi connectivity index (χ1) is 7.77. The van der Waals surface area contributed by atoms with E-state index in [1.54, 1.807) is 12.1 Å². The predicted octanol–water partition coefficient (Wildman–Crippen LogP) is 4.66. The Labute approximate surface area is 105 Å². The number of benzene rings is 2. The van der Waals surface area contributed by atoms with E-state index in [1.807, 2.05) is 42.5 Å². The Morgan fingerprint density at radius 1 is 0.875 bits per heavy atom. The average molecular weight is 253 g/mol. The smallest absolute Gasteiger partial charge is 0.197 e. The van der Waals surface area contributed by atoms with Crippen molar-refractivity contribution in [2.75, 3.05) is 0 Å². The number of ether oxygens (including phenoxy) is 1. The van der Waals surface area contributed by atoms with Crippen LogP contribution in [0, 0.1) is 0 Å². The molecule has 0 radical (unpaired) electrons. The molecule has 1 nitrogen and oxygen atoms in total. The maximum atomic E-state index is 6.13. The normalized spacial score (nSPS) is 12.1. The summed E-state index contributed by atoms with van der Waals surface area (Å²) in [5.41, 5.74) is 0.380. The van der Waals surface area contributed by atoms with Gasteiger partial charge in [0.2, 0.25) is 0 Å². The molecule has 2 aromatic rings. The third-order valence-corrected chi connectivity index (χ3v) is 2.78. The summed E-state index contributed by atoms with van der Waals surface area (Å²) in [6, 6.07) is 16.9. The molecule has 0 aliphatic rings. The van der Waals surface area contributed by atoms with Gasteiger partial charge in [0.15, 0.2) is 5.56 Å². The van der Waals surface area contributed by atoms with Crippen LogP contribution in [-0.2, 0) is 0 Å². The molecule has 2 aromatic carbocycles. The van der Waals surface area contributed by atoms with Crippen molar-refractivity contribution in [3.05, 3.63) is 65.2 Å². The molecule has 3 heteroatoms. The van der Waals surface area contributed by atoms with E-state index in [0.29, 0.717) is 10.8 Å². The van der Waals surface area contributed by atoms with Crippen molar-refractivity contribution in [3.8, 4) is 5.75 Å². The number of halogens is 2. The van der Waals surface area contributed by atoms with Gasteiger partial charge in [-0.05, 0) is 12.1 Å². The fraction of sp³-hybridized carbons (Fsp3) is 0.0769.